The van der Waals surface area contributed by atoms with Crippen LogP contribution in [0.25, 0.3) is 0 Å². The van der Waals surface area contributed by atoms with Crippen LogP contribution < -0.4 is 5.32 Å². The summed E-state index contributed by atoms with van der Waals surface area (Å²) in [6.45, 7) is 1.66. The van der Waals surface area contributed by atoms with Gasteiger partial charge in [0.25, 0.3) is 0 Å². The highest BCUT2D eigenvalue weighted by atomic mass is 16.5. The maximum Gasteiger partial charge on any atom is 0.124 e. The highest BCUT2D eigenvalue weighted by Gasteiger charge is 1.95. The molecule has 0 unspecified atom stereocenters. The fraction of sp³-hybridized carbons (Fsp3) is 0.273. The van der Waals surface area contributed by atoms with E-state index < -0.39 is 0 Å². The summed E-state index contributed by atoms with van der Waals surface area (Å²) in [5, 5.41) is 7.10. The Morgan fingerprint density at radius 2 is 2.33 bits per heavy atom. The Bertz CT molecular complexity index is 372. The zero-order valence-corrected chi connectivity index (χ0v) is 8.39. The van der Waals surface area contributed by atoms with Gasteiger partial charge in [0.2, 0.25) is 0 Å². The molecule has 2 aromatic heterocycles. The lowest BCUT2D eigenvalue weighted by Crippen LogP contribution is -2.16. The van der Waals surface area contributed by atoms with Gasteiger partial charge in [-0.2, -0.15) is 0 Å². The first-order valence-corrected chi connectivity index (χ1v) is 4.94. The van der Waals surface area contributed by atoms with Crippen LogP contribution in [-0.2, 0) is 13.0 Å². The number of nitrogens with zero attached hydrogens (tertiary/aromatic N) is 2. The van der Waals surface area contributed by atoms with Gasteiger partial charge in [0.15, 0.2) is 0 Å². The molecule has 1 N–H and O–H groups in total. The molecule has 0 aliphatic heterocycles. The van der Waals surface area contributed by atoms with Crippen molar-refractivity contribution in [2.24, 2.45) is 0 Å². The topological polar surface area (TPSA) is 51.0 Å². The van der Waals surface area contributed by atoms with Gasteiger partial charge in [-0.15, -0.1) is 0 Å². The maximum atomic E-state index is 4.73. The van der Waals surface area contributed by atoms with Gasteiger partial charge in [-0.05, 0) is 24.6 Å². The first-order chi connectivity index (χ1) is 7.45. The molecule has 2 aromatic rings. The summed E-state index contributed by atoms with van der Waals surface area (Å²) in [6, 6.07) is 5.88. The Kier molecular flexibility index (Phi) is 3.46. The molecule has 0 fully saturated rings. The van der Waals surface area contributed by atoms with Gasteiger partial charge in [0.05, 0.1) is 5.69 Å². The summed E-state index contributed by atoms with van der Waals surface area (Å²) in [5.74, 6) is 0. The molecule has 0 saturated heterocycles. The van der Waals surface area contributed by atoms with E-state index in [2.05, 4.69) is 21.5 Å². The summed E-state index contributed by atoms with van der Waals surface area (Å²) in [5.41, 5.74) is 2.17. The predicted molar refractivity (Wildman–Crippen MR) is 56.2 cm³/mol. The average molecular weight is 203 g/mol. The molecule has 0 amide bonds. The third-order valence-corrected chi connectivity index (χ3v) is 2.11. The summed E-state index contributed by atoms with van der Waals surface area (Å²) < 4.78 is 4.73. The van der Waals surface area contributed by atoms with Crippen LogP contribution in [0.5, 0.6) is 0 Å². The standard InChI is InChI=1S/C11H13N3O/c1-2-10(8-12-5-1)3-6-13-9-11-4-7-15-14-11/h1-2,4-5,7-8,13H,3,6,9H2. The highest BCUT2D eigenvalue weighted by Crippen LogP contribution is 1.96. The van der Waals surface area contributed by atoms with Crippen molar-refractivity contribution in [3.63, 3.8) is 0 Å². The number of hydrogen-bond acceptors (Lipinski definition) is 4. The van der Waals surface area contributed by atoms with Crippen molar-refractivity contribution in [1.82, 2.24) is 15.5 Å². The van der Waals surface area contributed by atoms with Gasteiger partial charge in [-0.3, -0.25) is 4.98 Å². The summed E-state index contributed by atoms with van der Waals surface area (Å²) in [7, 11) is 0. The normalized spacial score (nSPS) is 10.4. The lowest BCUT2D eigenvalue weighted by molar-refractivity contribution is 0.408. The van der Waals surface area contributed by atoms with Gasteiger partial charge in [0.1, 0.15) is 6.26 Å². The molecular weight excluding hydrogens is 190 g/mol. The van der Waals surface area contributed by atoms with E-state index in [4.69, 9.17) is 4.52 Å². The lowest BCUT2D eigenvalue weighted by Gasteiger charge is -2.01. The number of hydrogen-bond donors (Lipinski definition) is 1. The smallest absolute Gasteiger partial charge is 0.124 e. The Hall–Kier alpha value is -1.68. The van der Waals surface area contributed by atoms with Crippen LogP contribution in [0.1, 0.15) is 11.3 Å². The highest BCUT2D eigenvalue weighted by molar-refractivity contribution is 5.08. The Morgan fingerprint density at radius 3 is 3.07 bits per heavy atom. The van der Waals surface area contributed by atoms with E-state index in [1.54, 1.807) is 12.5 Å². The quantitative estimate of drug-likeness (QED) is 0.746. The number of aromatic nitrogens is 2. The Labute approximate surface area is 88.3 Å². The van der Waals surface area contributed by atoms with Gasteiger partial charge in [0, 0.05) is 25.0 Å². The average Bonchev–Trinajstić information content (AvgIpc) is 2.79. The number of nitrogens with one attached hydrogen (secondary N) is 1. The van der Waals surface area contributed by atoms with E-state index in [1.807, 2.05) is 18.3 Å². The van der Waals surface area contributed by atoms with E-state index in [0.717, 1.165) is 25.2 Å². The van der Waals surface area contributed by atoms with Gasteiger partial charge in [-0.1, -0.05) is 11.2 Å². The summed E-state index contributed by atoms with van der Waals surface area (Å²) in [4.78, 5) is 4.06. The molecular formula is C11H13N3O. The molecule has 0 aliphatic carbocycles. The molecule has 15 heavy (non-hydrogen) atoms. The third-order valence-electron chi connectivity index (χ3n) is 2.11. The van der Waals surface area contributed by atoms with Crippen LogP contribution in [0.15, 0.2) is 41.4 Å². The van der Waals surface area contributed by atoms with Crippen LogP contribution in [0.4, 0.5) is 0 Å². The maximum absolute atomic E-state index is 4.73. The van der Waals surface area contributed by atoms with Crippen molar-refractivity contribution in [2.75, 3.05) is 6.54 Å². The molecule has 0 aromatic carbocycles. The zero-order chi connectivity index (χ0) is 10.3. The Morgan fingerprint density at radius 1 is 1.33 bits per heavy atom. The molecule has 0 saturated carbocycles. The van der Waals surface area contributed by atoms with E-state index in [1.165, 1.54) is 5.56 Å². The van der Waals surface area contributed by atoms with Crippen molar-refractivity contribution in [3.8, 4) is 0 Å². The third kappa shape index (κ3) is 3.18. The van der Waals surface area contributed by atoms with E-state index >= 15 is 0 Å². The minimum atomic E-state index is 0.747. The largest absolute Gasteiger partial charge is 0.364 e. The first-order valence-electron chi connectivity index (χ1n) is 4.94. The van der Waals surface area contributed by atoms with E-state index in [-0.39, 0.29) is 0 Å². The van der Waals surface area contributed by atoms with Crippen molar-refractivity contribution >= 4 is 0 Å². The van der Waals surface area contributed by atoms with Crippen LogP contribution in [0.3, 0.4) is 0 Å². The van der Waals surface area contributed by atoms with Crippen molar-refractivity contribution in [2.45, 2.75) is 13.0 Å². The number of pyridine rings is 1. The van der Waals surface area contributed by atoms with Gasteiger partial charge < -0.3 is 9.84 Å². The Balaban J connectivity index is 1.68. The molecule has 4 heteroatoms. The second-order valence-electron chi connectivity index (χ2n) is 3.28. The van der Waals surface area contributed by atoms with Crippen LogP contribution >= 0.6 is 0 Å². The molecule has 0 spiro atoms. The van der Waals surface area contributed by atoms with Gasteiger partial charge in [-0.25, -0.2) is 0 Å². The van der Waals surface area contributed by atoms with E-state index in [0.29, 0.717) is 0 Å². The molecule has 0 radical (unpaired) electrons. The fourth-order valence-electron chi connectivity index (χ4n) is 1.32. The van der Waals surface area contributed by atoms with Crippen molar-refractivity contribution in [1.29, 1.82) is 0 Å². The SMILES string of the molecule is c1cncc(CCNCc2ccon2)c1. The second-order valence-corrected chi connectivity index (χ2v) is 3.28. The minimum absolute atomic E-state index is 0.747. The molecule has 78 valence electrons. The van der Waals surface area contributed by atoms with Crippen LogP contribution in [0, 0.1) is 0 Å². The van der Waals surface area contributed by atoms with E-state index in [9.17, 15) is 0 Å². The molecule has 0 bridgehead atoms. The minimum Gasteiger partial charge on any atom is -0.364 e. The molecule has 2 rings (SSSR count). The monoisotopic (exact) mass is 203 g/mol. The summed E-state index contributed by atoms with van der Waals surface area (Å²) in [6.07, 6.45) is 6.23. The zero-order valence-electron chi connectivity index (χ0n) is 8.39. The molecule has 2 heterocycles. The number of rotatable bonds is 5. The van der Waals surface area contributed by atoms with Crippen LogP contribution in [0.2, 0.25) is 0 Å². The summed E-state index contributed by atoms with van der Waals surface area (Å²) >= 11 is 0. The van der Waals surface area contributed by atoms with Crippen molar-refractivity contribution < 1.29 is 4.52 Å². The predicted octanol–water partition coefficient (Wildman–Crippen LogP) is 1.40. The lowest BCUT2D eigenvalue weighted by atomic mass is 10.2. The van der Waals surface area contributed by atoms with Crippen LogP contribution in [-0.4, -0.2) is 16.7 Å². The second kappa shape index (κ2) is 5.26. The van der Waals surface area contributed by atoms with Crippen molar-refractivity contribution in [3.05, 3.63) is 48.1 Å². The molecule has 4 nitrogen and oxygen atoms in total. The van der Waals surface area contributed by atoms with Gasteiger partial charge >= 0.3 is 0 Å². The first kappa shape index (κ1) is 9.86. The molecule has 0 aliphatic rings. The fourth-order valence-corrected chi connectivity index (χ4v) is 1.32. The molecule has 0 atom stereocenters.